The number of carbonyl (C=O) groups excluding carboxylic acids is 1. The molecule has 0 radical (unpaired) electrons. The van der Waals surface area contributed by atoms with E-state index in [4.69, 9.17) is 9.72 Å². The zero-order valence-electron chi connectivity index (χ0n) is 20.9. The molecule has 0 aliphatic carbocycles. The number of hydrogen-bond donors (Lipinski definition) is 1. The Morgan fingerprint density at radius 3 is 2.54 bits per heavy atom. The van der Waals surface area contributed by atoms with Gasteiger partial charge in [0.05, 0.1) is 45.4 Å². The smallest absolute Gasteiger partial charge is 0.328 e. The number of aromatic nitrogens is 4. The molecule has 0 bridgehead atoms. The first-order chi connectivity index (χ1) is 17.9. The van der Waals surface area contributed by atoms with E-state index in [0.29, 0.717) is 37.0 Å². The number of aromatic amines is 1. The average molecular weight is 514 g/mol. The van der Waals surface area contributed by atoms with Gasteiger partial charge in [-0.2, -0.15) is 0 Å². The fourth-order valence-electron chi connectivity index (χ4n) is 4.86. The van der Waals surface area contributed by atoms with Gasteiger partial charge in [0.15, 0.2) is 0 Å². The predicted octanol–water partition coefficient (Wildman–Crippen LogP) is 4.44. The third-order valence-corrected chi connectivity index (χ3v) is 7.98. The molecule has 1 N–H and O–H groups in total. The van der Waals surface area contributed by atoms with Crippen molar-refractivity contribution in [2.24, 2.45) is 14.1 Å². The maximum Gasteiger partial charge on any atom is 0.328 e. The molecule has 1 aliphatic heterocycles. The van der Waals surface area contributed by atoms with Crippen LogP contribution in [0.15, 0.2) is 59.4 Å². The van der Waals surface area contributed by atoms with E-state index in [1.807, 2.05) is 41.3 Å². The van der Waals surface area contributed by atoms with E-state index in [1.54, 1.807) is 23.2 Å². The first-order valence-corrected chi connectivity index (χ1v) is 13.0. The van der Waals surface area contributed by atoms with Crippen molar-refractivity contribution in [2.45, 2.75) is 6.92 Å². The van der Waals surface area contributed by atoms with Crippen LogP contribution in [-0.4, -0.2) is 56.2 Å². The van der Waals surface area contributed by atoms with Crippen LogP contribution >= 0.6 is 11.3 Å². The summed E-state index contributed by atoms with van der Waals surface area (Å²) in [4.78, 5) is 37.5. The molecule has 1 aliphatic rings. The van der Waals surface area contributed by atoms with E-state index in [0.717, 1.165) is 44.0 Å². The molecule has 37 heavy (non-hydrogen) atoms. The number of hydrogen-bond acceptors (Lipinski definition) is 5. The fraction of sp³-hybridized carbons (Fsp3) is 0.250. The van der Waals surface area contributed by atoms with Gasteiger partial charge in [-0.25, -0.2) is 9.78 Å². The number of amides is 1. The Morgan fingerprint density at radius 2 is 1.76 bits per heavy atom. The topological polar surface area (TPSA) is 85.2 Å². The van der Waals surface area contributed by atoms with Gasteiger partial charge in [0, 0.05) is 38.3 Å². The molecule has 2 aromatic carbocycles. The lowest BCUT2D eigenvalue weighted by Gasteiger charge is -2.26. The summed E-state index contributed by atoms with van der Waals surface area (Å²) in [6, 6.07) is 18.1. The molecule has 1 saturated heterocycles. The van der Waals surface area contributed by atoms with E-state index >= 15 is 0 Å². The minimum atomic E-state index is -0.0626. The van der Waals surface area contributed by atoms with Gasteiger partial charge >= 0.3 is 5.69 Å². The lowest BCUT2D eigenvalue weighted by Crippen LogP contribution is -2.40. The number of benzene rings is 2. The van der Waals surface area contributed by atoms with Gasteiger partial charge in [-0.1, -0.05) is 29.8 Å². The van der Waals surface area contributed by atoms with Crippen molar-refractivity contribution in [3.8, 4) is 33.2 Å². The average Bonchev–Trinajstić information content (AvgIpc) is 3.64. The highest BCUT2D eigenvalue weighted by atomic mass is 32.1. The van der Waals surface area contributed by atoms with Crippen LogP contribution in [0.5, 0.6) is 0 Å². The number of morpholine rings is 1. The molecule has 3 aromatic heterocycles. The third-order valence-electron chi connectivity index (χ3n) is 6.90. The Balaban J connectivity index is 1.45. The van der Waals surface area contributed by atoms with Crippen LogP contribution < -0.4 is 5.69 Å². The standard InChI is InChI=1S/C28H27N5O3S/c1-17-5-4-6-18(15-17)24-25(19-7-8-20-21(16-19)32(3)28(35)31(20)2)30-26(29-24)22-9-10-23(37-22)27(34)33-11-13-36-14-12-33/h4-10,15-16H,11-14H2,1-3H3,(H,29,30). The van der Waals surface area contributed by atoms with Gasteiger partial charge < -0.3 is 14.6 Å². The number of H-pyrrole nitrogens is 1. The second kappa shape index (κ2) is 9.17. The molecule has 5 aromatic rings. The summed E-state index contributed by atoms with van der Waals surface area (Å²) in [5, 5.41) is 0. The van der Waals surface area contributed by atoms with Crippen molar-refractivity contribution in [3.63, 3.8) is 0 Å². The van der Waals surface area contributed by atoms with Crippen molar-refractivity contribution < 1.29 is 9.53 Å². The summed E-state index contributed by atoms with van der Waals surface area (Å²) in [6.45, 7) is 4.43. The molecule has 9 heteroatoms. The maximum absolute atomic E-state index is 13.0. The van der Waals surface area contributed by atoms with Crippen molar-refractivity contribution in [3.05, 3.63) is 75.5 Å². The van der Waals surface area contributed by atoms with Crippen LogP contribution in [0, 0.1) is 6.92 Å². The molecule has 0 atom stereocenters. The van der Waals surface area contributed by atoms with Crippen LogP contribution in [0.1, 0.15) is 15.2 Å². The van der Waals surface area contributed by atoms with Crippen molar-refractivity contribution in [2.75, 3.05) is 26.3 Å². The van der Waals surface area contributed by atoms with E-state index in [1.165, 1.54) is 11.3 Å². The quantitative estimate of drug-likeness (QED) is 0.385. The molecular formula is C28H27N5O3S. The lowest BCUT2D eigenvalue weighted by atomic mass is 10.0. The number of imidazole rings is 2. The molecule has 0 unspecified atom stereocenters. The fourth-order valence-corrected chi connectivity index (χ4v) is 5.78. The first kappa shape index (κ1) is 23.4. The number of carbonyl (C=O) groups is 1. The summed E-state index contributed by atoms with van der Waals surface area (Å²) >= 11 is 1.44. The molecule has 0 saturated carbocycles. The number of fused-ring (bicyclic) bond motifs is 1. The number of nitrogens with one attached hydrogen (secondary N) is 1. The highest BCUT2D eigenvalue weighted by molar-refractivity contribution is 7.17. The monoisotopic (exact) mass is 513 g/mol. The van der Waals surface area contributed by atoms with E-state index < -0.39 is 0 Å². The van der Waals surface area contributed by atoms with Gasteiger partial charge in [-0.05, 0) is 37.3 Å². The molecule has 1 amide bonds. The second-order valence-electron chi connectivity index (χ2n) is 9.35. The lowest BCUT2D eigenvalue weighted by molar-refractivity contribution is 0.0306. The van der Waals surface area contributed by atoms with Crippen LogP contribution in [-0.2, 0) is 18.8 Å². The van der Waals surface area contributed by atoms with E-state index in [-0.39, 0.29) is 11.6 Å². The first-order valence-electron chi connectivity index (χ1n) is 12.2. The van der Waals surface area contributed by atoms with Gasteiger partial charge in [-0.3, -0.25) is 13.9 Å². The van der Waals surface area contributed by atoms with Gasteiger partial charge in [0.1, 0.15) is 5.82 Å². The summed E-state index contributed by atoms with van der Waals surface area (Å²) in [5.74, 6) is 0.736. The zero-order chi connectivity index (χ0) is 25.7. The number of aryl methyl sites for hydroxylation is 3. The van der Waals surface area contributed by atoms with Gasteiger partial charge in [0.25, 0.3) is 5.91 Å². The van der Waals surface area contributed by atoms with Crippen LogP contribution in [0.25, 0.3) is 44.2 Å². The normalized spacial score (nSPS) is 14.0. The largest absolute Gasteiger partial charge is 0.378 e. The van der Waals surface area contributed by atoms with E-state index in [2.05, 4.69) is 30.1 Å². The zero-order valence-corrected chi connectivity index (χ0v) is 21.8. The van der Waals surface area contributed by atoms with Crippen molar-refractivity contribution in [1.82, 2.24) is 24.0 Å². The summed E-state index contributed by atoms with van der Waals surface area (Å²) in [7, 11) is 3.57. The molecule has 4 heterocycles. The highest BCUT2D eigenvalue weighted by Crippen LogP contribution is 2.36. The van der Waals surface area contributed by atoms with Crippen molar-refractivity contribution >= 4 is 28.3 Å². The minimum Gasteiger partial charge on any atom is -0.378 e. The molecular weight excluding hydrogens is 486 g/mol. The summed E-state index contributed by atoms with van der Waals surface area (Å²) in [5.41, 5.74) is 6.44. The summed E-state index contributed by atoms with van der Waals surface area (Å²) < 4.78 is 8.69. The predicted molar refractivity (Wildman–Crippen MR) is 146 cm³/mol. The molecule has 0 spiro atoms. The maximum atomic E-state index is 13.0. The Labute approximate surface area is 217 Å². The Kier molecular flexibility index (Phi) is 5.81. The third kappa shape index (κ3) is 4.10. The number of ether oxygens (including phenoxy) is 1. The Bertz CT molecular complexity index is 1700. The second-order valence-corrected chi connectivity index (χ2v) is 10.4. The molecule has 6 rings (SSSR count). The minimum absolute atomic E-state index is 0.0284. The number of nitrogens with zero attached hydrogens (tertiary/aromatic N) is 4. The van der Waals surface area contributed by atoms with Gasteiger partial charge in [-0.15, -0.1) is 11.3 Å². The van der Waals surface area contributed by atoms with Crippen LogP contribution in [0.2, 0.25) is 0 Å². The molecule has 8 nitrogen and oxygen atoms in total. The molecule has 1 fully saturated rings. The van der Waals surface area contributed by atoms with Crippen LogP contribution in [0.3, 0.4) is 0 Å². The van der Waals surface area contributed by atoms with Crippen molar-refractivity contribution in [1.29, 1.82) is 0 Å². The summed E-state index contributed by atoms with van der Waals surface area (Å²) in [6.07, 6.45) is 0. The number of rotatable bonds is 4. The Morgan fingerprint density at radius 1 is 0.973 bits per heavy atom. The van der Waals surface area contributed by atoms with Crippen LogP contribution in [0.4, 0.5) is 0 Å². The van der Waals surface area contributed by atoms with Gasteiger partial charge in [0.2, 0.25) is 0 Å². The molecule has 188 valence electrons. The highest BCUT2D eigenvalue weighted by Gasteiger charge is 2.22. The Hall–Kier alpha value is -3.95. The SMILES string of the molecule is Cc1cccc(-c2nc(-c3ccc(C(=O)N4CCOCC4)s3)[nH]c2-c2ccc3c(c2)n(C)c(=O)n3C)c1. The number of thiophene rings is 1. The van der Waals surface area contributed by atoms with E-state index in [9.17, 15) is 9.59 Å².